The van der Waals surface area contributed by atoms with Gasteiger partial charge in [-0.25, -0.2) is 4.68 Å². The summed E-state index contributed by atoms with van der Waals surface area (Å²) in [5, 5.41) is 14.0. The first-order valence-corrected chi connectivity index (χ1v) is 13.0. The highest BCUT2D eigenvalue weighted by atomic mass is 16.5. The van der Waals surface area contributed by atoms with Gasteiger partial charge in [0.05, 0.1) is 18.7 Å². The smallest absolute Gasteiger partial charge is 0.252 e. The van der Waals surface area contributed by atoms with Crippen LogP contribution in [0.1, 0.15) is 74.7 Å². The maximum absolute atomic E-state index is 13.3. The zero-order valence-electron chi connectivity index (χ0n) is 23.0. The normalized spacial score (nSPS) is 12.9. The van der Waals surface area contributed by atoms with Gasteiger partial charge in [0.1, 0.15) is 5.75 Å². The molecule has 196 valence electrons. The zero-order valence-corrected chi connectivity index (χ0v) is 23.0. The van der Waals surface area contributed by atoms with Crippen molar-refractivity contribution < 1.29 is 4.74 Å². The number of rotatable bonds is 10. The molecule has 0 aliphatic carbocycles. The zero-order chi connectivity index (χ0) is 26.7. The molecular formula is C29H38N6O2. The predicted octanol–water partition coefficient (Wildman–Crippen LogP) is 5.44. The third-order valence-electron chi connectivity index (χ3n) is 7.37. The molecule has 0 amide bonds. The van der Waals surface area contributed by atoms with Gasteiger partial charge >= 0.3 is 0 Å². The first kappa shape index (κ1) is 26.5. The Morgan fingerprint density at radius 2 is 1.81 bits per heavy atom. The summed E-state index contributed by atoms with van der Waals surface area (Å²) >= 11 is 0. The van der Waals surface area contributed by atoms with E-state index in [2.05, 4.69) is 78.2 Å². The highest BCUT2D eigenvalue weighted by Crippen LogP contribution is 2.30. The molecule has 0 aliphatic rings. The molecular weight excluding hydrogens is 464 g/mol. The average molecular weight is 503 g/mol. The monoisotopic (exact) mass is 502 g/mol. The van der Waals surface area contributed by atoms with Crippen LogP contribution in [0.5, 0.6) is 5.75 Å². The summed E-state index contributed by atoms with van der Waals surface area (Å²) in [6.45, 7) is 13.8. The Morgan fingerprint density at radius 1 is 1.08 bits per heavy atom. The minimum absolute atomic E-state index is 0.0689. The van der Waals surface area contributed by atoms with Gasteiger partial charge in [-0.3, -0.25) is 9.69 Å². The second-order valence-electron chi connectivity index (χ2n) is 10.5. The van der Waals surface area contributed by atoms with Gasteiger partial charge in [0.25, 0.3) is 5.56 Å². The molecule has 0 bridgehead atoms. The maximum atomic E-state index is 13.3. The summed E-state index contributed by atoms with van der Waals surface area (Å²) in [6, 6.07) is 14.2. The number of aromatic nitrogens is 5. The Hall–Kier alpha value is -3.52. The Morgan fingerprint density at radius 3 is 2.46 bits per heavy atom. The van der Waals surface area contributed by atoms with Gasteiger partial charge < -0.3 is 9.72 Å². The molecule has 1 atom stereocenters. The predicted molar refractivity (Wildman–Crippen MR) is 147 cm³/mol. The molecule has 4 aromatic rings. The van der Waals surface area contributed by atoms with E-state index in [0.717, 1.165) is 57.6 Å². The van der Waals surface area contributed by atoms with Crippen LogP contribution in [-0.4, -0.2) is 37.2 Å². The third kappa shape index (κ3) is 5.59. The highest BCUT2D eigenvalue weighted by molar-refractivity contribution is 5.83. The lowest BCUT2D eigenvalue weighted by Crippen LogP contribution is -2.36. The van der Waals surface area contributed by atoms with Gasteiger partial charge in [0.15, 0.2) is 5.82 Å². The van der Waals surface area contributed by atoms with Crippen LogP contribution < -0.4 is 10.3 Å². The van der Waals surface area contributed by atoms with Gasteiger partial charge in [-0.05, 0) is 91.9 Å². The fourth-order valence-electron chi connectivity index (χ4n) is 4.88. The summed E-state index contributed by atoms with van der Waals surface area (Å²) in [4.78, 5) is 18.7. The molecule has 0 radical (unpaired) electrons. The number of nitrogens with one attached hydrogen (secondary N) is 1. The maximum Gasteiger partial charge on any atom is 0.252 e. The van der Waals surface area contributed by atoms with E-state index >= 15 is 0 Å². The average Bonchev–Trinajstić information content (AvgIpc) is 3.36. The van der Waals surface area contributed by atoms with Gasteiger partial charge in [-0.2, -0.15) is 0 Å². The molecule has 2 aromatic heterocycles. The second kappa shape index (κ2) is 10.8. The molecule has 0 saturated carbocycles. The first-order valence-electron chi connectivity index (χ1n) is 13.0. The molecule has 8 nitrogen and oxygen atoms in total. The van der Waals surface area contributed by atoms with Crippen LogP contribution >= 0.6 is 0 Å². The van der Waals surface area contributed by atoms with Crippen molar-refractivity contribution in [3.63, 3.8) is 0 Å². The van der Waals surface area contributed by atoms with E-state index in [-0.39, 0.29) is 17.1 Å². The van der Waals surface area contributed by atoms with Crippen molar-refractivity contribution in [2.45, 2.75) is 79.1 Å². The van der Waals surface area contributed by atoms with Gasteiger partial charge in [-0.15, -0.1) is 5.10 Å². The van der Waals surface area contributed by atoms with Crippen molar-refractivity contribution in [3.05, 3.63) is 80.9 Å². The van der Waals surface area contributed by atoms with Crippen molar-refractivity contribution in [3.8, 4) is 5.75 Å². The van der Waals surface area contributed by atoms with Crippen LogP contribution in [0.2, 0.25) is 0 Å². The number of fused-ring (bicyclic) bond motifs is 1. The van der Waals surface area contributed by atoms with Crippen LogP contribution in [-0.2, 0) is 18.6 Å². The lowest BCUT2D eigenvalue weighted by molar-refractivity contribution is 0.150. The van der Waals surface area contributed by atoms with Crippen molar-refractivity contribution in [1.82, 2.24) is 30.1 Å². The molecule has 2 heterocycles. The number of benzene rings is 2. The molecule has 0 fully saturated rings. The van der Waals surface area contributed by atoms with E-state index in [1.165, 1.54) is 0 Å². The van der Waals surface area contributed by atoms with Crippen LogP contribution in [0.15, 0.2) is 47.3 Å². The first-order chi connectivity index (χ1) is 17.7. The lowest BCUT2D eigenvalue weighted by atomic mass is 10.0. The quantitative estimate of drug-likeness (QED) is 0.311. The number of tetrazole rings is 1. The minimum atomic E-state index is -0.229. The van der Waals surface area contributed by atoms with Crippen molar-refractivity contribution in [2.75, 3.05) is 7.11 Å². The summed E-state index contributed by atoms with van der Waals surface area (Å²) in [5.74, 6) is 1.62. The van der Waals surface area contributed by atoms with Gasteiger partial charge in [-0.1, -0.05) is 32.0 Å². The Labute approximate surface area is 218 Å². The molecule has 1 unspecified atom stereocenters. The van der Waals surface area contributed by atoms with Crippen LogP contribution in [0.25, 0.3) is 10.9 Å². The number of pyridine rings is 1. The van der Waals surface area contributed by atoms with Crippen molar-refractivity contribution in [1.29, 1.82) is 0 Å². The molecule has 37 heavy (non-hydrogen) atoms. The lowest BCUT2D eigenvalue weighted by Gasteiger charge is -2.33. The number of ether oxygens (including phenoxy) is 1. The second-order valence-corrected chi connectivity index (χ2v) is 10.5. The third-order valence-corrected chi connectivity index (χ3v) is 7.37. The van der Waals surface area contributed by atoms with E-state index in [1.807, 2.05) is 35.9 Å². The van der Waals surface area contributed by atoms with Crippen molar-refractivity contribution in [2.24, 2.45) is 0 Å². The Bertz CT molecular complexity index is 1420. The van der Waals surface area contributed by atoms with E-state index in [4.69, 9.17) is 4.74 Å². The SMILES string of the molecule is CCC(c1nnnn1C(C)(C)CC)N(Cc1ccc(OC)cc1)Cc1cc2c(C)cc(C)cc2[nH]c1=O. The molecule has 8 heteroatoms. The number of aryl methyl sites for hydroxylation is 2. The van der Waals surface area contributed by atoms with Crippen molar-refractivity contribution >= 4 is 10.9 Å². The fourth-order valence-corrected chi connectivity index (χ4v) is 4.88. The van der Waals surface area contributed by atoms with Gasteiger partial charge in [0.2, 0.25) is 0 Å². The Kier molecular flexibility index (Phi) is 7.78. The highest BCUT2D eigenvalue weighted by Gasteiger charge is 2.31. The number of methoxy groups -OCH3 is 1. The van der Waals surface area contributed by atoms with E-state index in [1.54, 1.807) is 7.11 Å². The molecule has 1 N–H and O–H groups in total. The standard InChI is InChI=1S/C29H38N6O2/c1-8-26(27-31-32-33-35(27)29(5,6)9-2)34(17-21-10-12-23(37-7)13-11-21)18-22-16-24-20(4)14-19(3)15-25(24)30-28(22)36/h10-16,26H,8-9,17-18H2,1-7H3,(H,30,36). The van der Waals surface area contributed by atoms with Crippen LogP contribution in [0, 0.1) is 13.8 Å². The molecule has 4 rings (SSSR count). The van der Waals surface area contributed by atoms with Crippen LogP contribution in [0.3, 0.4) is 0 Å². The molecule has 0 spiro atoms. The summed E-state index contributed by atoms with van der Waals surface area (Å²) in [7, 11) is 1.67. The fraction of sp³-hybridized carbons (Fsp3) is 0.448. The van der Waals surface area contributed by atoms with E-state index in [0.29, 0.717) is 13.1 Å². The summed E-state index contributed by atoms with van der Waals surface area (Å²) < 4.78 is 7.29. The number of H-pyrrole nitrogens is 1. The van der Waals surface area contributed by atoms with Gasteiger partial charge in [0, 0.05) is 29.6 Å². The number of aromatic amines is 1. The van der Waals surface area contributed by atoms with E-state index < -0.39 is 0 Å². The molecule has 2 aromatic carbocycles. The number of hydrogen-bond acceptors (Lipinski definition) is 6. The van der Waals surface area contributed by atoms with Crippen LogP contribution in [0.4, 0.5) is 0 Å². The minimum Gasteiger partial charge on any atom is -0.497 e. The molecule has 0 aliphatic heterocycles. The topological polar surface area (TPSA) is 88.9 Å². The number of nitrogens with zero attached hydrogens (tertiary/aromatic N) is 5. The molecule has 0 saturated heterocycles. The summed E-state index contributed by atoms with van der Waals surface area (Å²) in [6.07, 6.45) is 1.68. The van der Waals surface area contributed by atoms with E-state index in [9.17, 15) is 4.79 Å². The number of hydrogen-bond donors (Lipinski definition) is 1. The largest absolute Gasteiger partial charge is 0.497 e. The summed E-state index contributed by atoms with van der Waals surface area (Å²) in [5.41, 5.74) is 4.69. The Balaban J connectivity index is 1.79.